The normalized spacial score (nSPS) is 11.3. The number of hydrogen-bond acceptors (Lipinski definition) is 5. The van der Waals surface area contributed by atoms with Crippen LogP contribution in [0.1, 0.15) is 19.4 Å². The summed E-state index contributed by atoms with van der Waals surface area (Å²) >= 11 is 12.0. The van der Waals surface area contributed by atoms with Crippen LogP contribution in [-0.2, 0) is 9.53 Å². The Bertz CT molecular complexity index is 503. The number of hydrogen-bond donors (Lipinski definition) is 1. The van der Waals surface area contributed by atoms with E-state index in [-0.39, 0.29) is 29.0 Å². The van der Waals surface area contributed by atoms with Gasteiger partial charge < -0.3 is 14.7 Å². The first kappa shape index (κ1) is 15.6. The van der Waals surface area contributed by atoms with Crippen molar-refractivity contribution < 1.29 is 19.5 Å². The van der Waals surface area contributed by atoms with E-state index < -0.39 is 5.97 Å². The average Bonchev–Trinajstić information content (AvgIpc) is 2.40. The molecule has 0 aliphatic rings. The van der Waals surface area contributed by atoms with Crippen LogP contribution in [-0.4, -0.2) is 30.1 Å². The number of rotatable bonds is 5. The van der Waals surface area contributed by atoms with Gasteiger partial charge in [0.15, 0.2) is 6.61 Å². The fourth-order valence-electron chi connectivity index (χ4n) is 1.32. The summed E-state index contributed by atoms with van der Waals surface area (Å²) in [6.45, 7) is 3.31. The lowest BCUT2D eigenvalue weighted by Gasteiger charge is -2.11. The lowest BCUT2D eigenvalue weighted by molar-refractivity contribution is -0.145. The second-order valence-corrected chi connectivity index (χ2v) is 4.27. The zero-order valence-corrected chi connectivity index (χ0v) is 12.0. The Morgan fingerprint density at radius 3 is 2.63 bits per heavy atom. The highest BCUT2D eigenvalue weighted by molar-refractivity contribution is 6.44. The van der Waals surface area contributed by atoms with Crippen molar-refractivity contribution in [3.63, 3.8) is 0 Å². The second-order valence-electron chi connectivity index (χ2n) is 3.52. The molecule has 0 bridgehead atoms. The average molecular weight is 306 g/mol. The van der Waals surface area contributed by atoms with Crippen LogP contribution in [0.5, 0.6) is 5.75 Å². The molecule has 0 saturated heterocycles. The van der Waals surface area contributed by atoms with Crippen molar-refractivity contribution in [2.24, 2.45) is 5.16 Å². The molecule has 104 valence electrons. The largest absolute Gasteiger partial charge is 0.480 e. The molecule has 0 saturated carbocycles. The standard InChI is InChI=1S/C12H13Cl2NO4/c1-3-18-10(16)6-19-9-5-4-8(7(2)15-17)11(13)12(9)14/h4-5,17H,3,6H2,1-2H3/b15-7-. The third-order valence-corrected chi connectivity index (χ3v) is 3.10. The molecular weight excluding hydrogens is 293 g/mol. The summed E-state index contributed by atoms with van der Waals surface area (Å²) in [7, 11) is 0. The monoisotopic (exact) mass is 305 g/mol. The van der Waals surface area contributed by atoms with E-state index in [0.29, 0.717) is 11.3 Å². The summed E-state index contributed by atoms with van der Waals surface area (Å²) in [6, 6.07) is 3.13. The molecule has 5 nitrogen and oxygen atoms in total. The van der Waals surface area contributed by atoms with Gasteiger partial charge in [-0.05, 0) is 26.0 Å². The van der Waals surface area contributed by atoms with E-state index in [1.165, 1.54) is 6.07 Å². The summed E-state index contributed by atoms with van der Waals surface area (Å²) in [6.07, 6.45) is 0. The Morgan fingerprint density at radius 1 is 1.37 bits per heavy atom. The van der Waals surface area contributed by atoms with Gasteiger partial charge in [-0.15, -0.1) is 0 Å². The minimum atomic E-state index is -0.494. The lowest BCUT2D eigenvalue weighted by Crippen LogP contribution is -2.14. The van der Waals surface area contributed by atoms with Gasteiger partial charge in [0, 0.05) is 5.56 Å². The predicted octanol–water partition coefficient (Wildman–Crippen LogP) is 3.13. The molecule has 19 heavy (non-hydrogen) atoms. The molecule has 0 radical (unpaired) electrons. The van der Waals surface area contributed by atoms with Crippen molar-refractivity contribution in [2.45, 2.75) is 13.8 Å². The molecule has 0 unspecified atom stereocenters. The molecule has 0 spiro atoms. The number of carbonyl (C=O) groups excluding carboxylic acids is 1. The zero-order chi connectivity index (χ0) is 14.4. The van der Waals surface area contributed by atoms with Crippen LogP contribution in [0.3, 0.4) is 0 Å². The van der Waals surface area contributed by atoms with Crippen molar-refractivity contribution in [2.75, 3.05) is 13.2 Å². The Kier molecular flexibility index (Phi) is 5.92. The highest BCUT2D eigenvalue weighted by Gasteiger charge is 2.14. The van der Waals surface area contributed by atoms with Crippen LogP contribution < -0.4 is 4.74 Å². The number of carbonyl (C=O) groups is 1. The van der Waals surface area contributed by atoms with Gasteiger partial charge in [0.05, 0.1) is 17.3 Å². The zero-order valence-electron chi connectivity index (χ0n) is 10.4. The van der Waals surface area contributed by atoms with Crippen LogP contribution in [0, 0.1) is 0 Å². The Hall–Kier alpha value is -1.46. The highest BCUT2D eigenvalue weighted by Crippen LogP contribution is 2.35. The SMILES string of the molecule is CCOC(=O)COc1ccc(/C(C)=N\O)c(Cl)c1Cl. The summed E-state index contributed by atoms with van der Waals surface area (Å²) in [5.41, 5.74) is 0.807. The van der Waals surface area contributed by atoms with Crippen LogP contribution in [0.2, 0.25) is 10.0 Å². The van der Waals surface area contributed by atoms with Crippen molar-refractivity contribution in [1.29, 1.82) is 0 Å². The third kappa shape index (κ3) is 4.01. The van der Waals surface area contributed by atoms with Gasteiger partial charge in [0.2, 0.25) is 0 Å². The maximum atomic E-state index is 11.2. The maximum absolute atomic E-state index is 11.2. The van der Waals surface area contributed by atoms with E-state index in [4.69, 9.17) is 37.9 Å². The maximum Gasteiger partial charge on any atom is 0.344 e. The van der Waals surface area contributed by atoms with E-state index in [2.05, 4.69) is 5.16 Å². The molecule has 1 N–H and O–H groups in total. The number of halogens is 2. The fourth-order valence-corrected chi connectivity index (χ4v) is 1.83. The molecule has 0 aliphatic carbocycles. The first-order chi connectivity index (χ1) is 9.01. The highest BCUT2D eigenvalue weighted by atomic mass is 35.5. The smallest absolute Gasteiger partial charge is 0.344 e. The number of oxime groups is 1. The topological polar surface area (TPSA) is 68.1 Å². The molecule has 0 fully saturated rings. The molecule has 1 aromatic rings. The molecule has 1 aromatic carbocycles. The molecule has 0 aliphatic heterocycles. The summed E-state index contributed by atoms with van der Waals surface area (Å²) in [4.78, 5) is 11.2. The fraction of sp³-hybridized carbons (Fsp3) is 0.333. The van der Waals surface area contributed by atoms with Crippen molar-refractivity contribution in [1.82, 2.24) is 0 Å². The number of ether oxygens (including phenoxy) is 2. The van der Waals surface area contributed by atoms with Crippen LogP contribution in [0.4, 0.5) is 0 Å². The number of nitrogens with zero attached hydrogens (tertiary/aromatic N) is 1. The Balaban J connectivity index is 2.88. The molecule has 0 heterocycles. The molecule has 1 rings (SSSR count). The quantitative estimate of drug-likeness (QED) is 0.393. The van der Waals surface area contributed by atoms with Gasteiger partial charge in [-0.3, -0.25) is 0 Å². The summed E-state index contributed by atoms with van der Waals surface area (Å²) in [5.74, 6) is -0.235. The first-order valence-corrected chi connectivity index (χ1v) is 6.22. The molecule has 0 aromatic heterocycles. The van der Waals surface area contributed by atoms with E-state index in [9.17, 15) is 4.79 Å². The minimum Gasteiger partial charge on any atom is -0.480 e. The van der Waals surface area contributed by atoms with Crippen LogP contribution in [0.25, 0.3) is 0 Å². The van der Waals surface area contributed by atoms with Crippen molar-refractivity contribution >= 4 is 34.9 Å². The van der Waals surface area contributed by atoms with Crippen molar-refractivity contribution in [3.05, 3.63) is 27.7 Å². The third-order valence-electron chi connectivity index (χ3n) is 2.24. The van der Waals surface area contributed by atoms with Gasteiger partial charge in [-0.25, -0.2) is 4.79 Å². The van der Waals surface area contributed by atoms with E-state index >= 15 is 0 Å². The number of benzene rings is 1. The molecule has 0 amide bonds. The molecule has 7 heteroatoms. The van der Waals surface area contributed by atoms with Gasteiger partial charge in [0.25, 0.3) is 0 Å². The summed E-state index contributed by atoms with van der Waals surface area (Å²) < 4.78 is 9.93. The van der Waals surface area contributed by atoms with Gasteiger partial charge in [0.1, 0.15) is 10.8 Å². The number of esters is 1. The van der Waals surface area contributed by atoms with Gasteiger partial charge >= 0.3 is 5.97 Å². The minimum absolute atomic E-state index is 0.145. The van der Waals surface area contributed by atoms with Gasteiger partial charge in [-0.2, -0.15) is 0 Å². The predicted molar refractivity (Wildman–Crippen MR) is 72.6 cm³/mol. The molecule has 0 atom stereocenters. The van der Waals surface area contributed by atoms with Crippen molar-refractivity contribution in [3.8, 4) is 5.75 Å². The Morgan fingerprint density at radius 2 is 2.05 bits per heavy atom. The lowest BCUT2D eigenvalue weighted by atomic mass is 10.1. The van der Waals surface area contributed by atoms with Crippen LogP contribution >= 0.6 is 23.2 Å². The second kappa shape index (κ2) is 7.21. The summed E-state index contributed by atoms with van der Waals surface area (Å²) in [5, 5.41) is 12.1. The van der Waals surface area contributed by atoms with Gasteiger partial charge in [-0.1, -0.05) is 28.4 Å². The van der Waals surface area contributed by atoms with E-state index in [1.807, 2.05) is 0 Å². The van der Waals surface area contributed by atoms with Crippen LogP contribution in [0.15, 0.2) is 17.3 Å². The first-order valence-electron chi connectivity index (χ1n) is 5.46. The van der Waals surface area contributed by atoms with E-state index in [1.54, 1.807) is 19.9 Å². The Labute approximate surface area is 120 Å². The molecular formula is C12H13Cl2NO4. The van der Waals surface area contributed by atoms with E-state index in [0.717, 1.165) is 0 Å².